The normalized spacial score (nSPS) is 11.6. The zero-order chi connectivity index (χ0) is 17.0. The van der Waals surface area contributed by atoms with Gasteiger partial charge >= 0.3 is 0 Å². The molecular weight excluding hydrogens is 306 g/mol. The third kappa shape index (κ3) is 1.99. The van der Waals surface area contributed by atoms with Crippen molar-refractivity contribution in [2.45, 2.75) is 13.8 Å². The summed E-state index contributed by atoms with van der Waals surface area (Å²) in [5.74, 6) is 0.956. The van der Waals surface area contributed by atoms with E-state index in [1.54, 1.807) is 0 Å². The Morgan fingerprint density at radius 3 is 2.16 bits per heavy atom. The molecule has 0 saturated heterocycles. The molecule has 5 rings (SSSR count). The van der Waals surface area contributed by atoms with Gasteiger partial charge in [-0.05, 0) is 49.2 Å². The Morgan fingerprint density at radius 1 is 0.680 bits per heavy atom. The van der Waals surface area contributed by atoms with E-state index in [1.165, 1.54) is 16.7 Å². The van der Waals surface area contributed by atoms with Crippen LogP contribution in [0.2, 0.25) is 0 Å². The first kappa shape index (κ1) is 14.2. The van der Waals surface area contributed by atoms with Gasteiger partial charge in [0.1, 0.15) is 11.5 Å². The van der Waals surface area contributed by atoms with Crippen LogP contribution < -0.4 is 0 Å². The van der Waals surface area contributed by atoms with Crippen LogP contribution in [0.25, 0.3) is 39.0 Å². The van der Waals surface area contributed by atoms with E-state index in [0.717, 1.165) is 33.4 Å². The molecule has 0 aliphatic heterocycles. The van der Waals surface area contributed by atoms with Crippen molar-refractivity contribution in [2.24, 2.45) is 0 Å². The lowest BCUT2D eigenvalue weighted by Crippen LogP contribution is -2.01. The molecule has 5 aromatic rings. The number of benzene rings is 3. The summed E-state index contributed by atoms with van der Waals surface area (Å²) in [7, 11) is 0. The fraction of sp³-hybridized carbons (Fsp3) is 0.0909. The van der Waals surface area contributed by atoms with Crippen molar-refractivity contribution >= 4 is 27.6 Å². The Labute approximate surface area is 145 Å². The predicted octanol–water partition coefficient (Wildman–Crippen LogP) is 5.32. The van der Waals surface area contributed by atoms with Gasteiger partial charge in [0.05, 0.1) is 16.6 Å². The summed E-state index contributed by atoms with van der Waals surface area (Å²) in [5.41, 5.74) is 7.65. The van der Waals surface area contributed by atoms with Gasteiger partial charge in [-0.15, -0.1) is 0 Å². The van der Waals surface area contributed by atoms with E-state index in [1.807, 2.05) is 18.2 Å². The van der Waals surface area contributed by atoms with Crippen molar-refractivity contribution < 1.29 is 0 Å². The maximum atomic E-state index is 5.04. The zero-order valence-electron chi connectivity index (χ0n) is 14.2. The van der Waals surface area contributed by atoms with Crippen LogP contribution in [0.1, 0.15) is 11.1 Å². The number of aryl methyl sites for hydroxylation is 2. The van der Waals surface area contributed by atoms with Crippen LogP contribution in [0.15, 0.2) is 66.7 Å². The van der Waals surface area contributed by atoms with E-state index in [2.05, 4.69) is 66.8 Å². The molecule has 0 amide bonds. The zero-order valence-corrected chi connectivity index (χ0v) is 14.2. The van der Waals surface area contributed by atoms with Crippen molar-refractivity contribution in [3.05, 3.63) is 77.9 Å². The Hall–Kier alpha value is -3.20. The maximum Gasteiger partial charge on any atom is 0.149 e. The van der Waals surface area contributed by atoms with Crippen LogP contribution in [0.3, 0.4) is 0 Å². The molecule has 0 fully saturated rings. The van der Waals surface area contributed by atoms with E-state index in [9.17, 15) is 0 Å². The molecule has 0 radical (unpaired) electrons. The summed E-state index contributed by atoms with van der Waals surface area (Å²) >= 11 is 0. The van der Waals surface area contributed by atoms with Gasteiger partial charge in [-0.1, -0.05) is 42.5 Å². The first-order valence-corrected chi connectivity index (χ1v) is 8.46. The highest BCUT2D eigenvalue weighted by atomic mass is 15.1. The average Bonchev–Trinajstić information content (AvgIpc) is 3.01. The van der Waals surface area contributed by atoms with Crippen LogP contribution in [0, 0.1) is 13.8 Å². The predicted molar refractivity (Wildman–Crippen MR) is 103 cm³/mol. The fourth-order valence-electron chi connectivity index (χ4n) is 3.68. The summed E-state index contributed by atoms with van der Waals surface area (Å²) in [6.07, 6.45) is 0. The molecule has 0 spiro atoms. The summed E-state index contributed by atoms with van der Waals surface area (Å²) in [6, 6.07) is 22.9. The van der Waals surface area contributed by atoms with Gasteiger partial charge in [0, 0.05) is 10.9 Å². The second-order valence-corrected chi connectivity index (χ2v) is 6.48. The third-order valence-corrected chi connectivity index (χ3v) is 4.85. The SMILES string of the molecule is Cc1cccc(C)c1-c1nc2ccccc2c2nc3ccccc3n12. The molecule has 3 nitrogen and oxygen atoms in total. The molecule has 0 unspecified atom stereocenters. The summed E-state index contributed by atoms with van der Waals surface area (Å²) in [6.45, 7) is 4.29. The van der Waals surface area contributed by atoms with Crippen molar-refractivity contribution in [2.75, 3.05) is 0 Å². The Balaban J connectivity index is 2.07. The molecule has 0 aliphatic rings. The number of fused-ring (bicyclic) bond motifs is 5. The second-order valence-electron chi connectivity index (χ2n) is 6.48. The van der Waals surface area contributed by atoms with Gasteiger partial charge in [0.2, 0.25) is 0 Å². The molecule has 0 atom stereocenters. The molecule has 0 saturated carbocycles. The highest BCUT2D eigenvalue weighted by Gasteiger charge is 2.17. The van der Waals surface area contributed by atoms with Crippen molar-refractivity contribution in [3.8, 4) is 11.4 Å². The first-order chi connectivity index (χ1) is 12.2. The van der Waals surface area contributed by atoms with Gasteiger partial charge in [-0.3, -0.25) is 4.40 Å². The maximum absolute atomic E-state index is 5.04. The minimum atomic E-state index is 0.956. The lowest BCUT2D eigenvalue weighted by atomic mass is 10.0. The van der Waals surface area contributed by atoms with Gasteiger partial charge in [0.15, 0.2) is 0 Å². The third-order valence-electron chi connectivity index (χ3n) is 4.85. The first-order valence-electron chi connectivity index (χ1n) is 8.46. The van der Waals surface area contributed by atoms with Crippen molar-refractivity contribution in [1.29, 1.82) is 0 Å². The van der Waals surface area contributed by atoms with E-state index < -0.39 is 0 Å². The molecule has 0 bridgehead atoms. The molecule has 3 aromatic carbocycles. The standard InChI is InChI=1S/C22H17N3/c1-14-8-7-9-15(2)20(14)22-23-17-11-4-3-10-16(17)21-24-18-12-5-6-13-19(18)25(21)22/h3-13H,1-2H3. The molecule has 2 heterocycles. The molecule has 2 aromatic heterocycles. The Kier molecular flexibility index (Phi) is 2.92. The van der Waals surface area contributed by atoms with Crippen LogP contribution in [0.5, 0.6) is 0 Å². The molecular formula is C22H17N3. The van der Waals surface area contributed by atoms with Gasteiger partial charge < -0.3 is 0 Å². The number of nitrogens with zero attached hydrogens (tertiary/aromatic N) is 3. The summed E-state index contributed by atoms with van der Waals surface area (Å²) in [5, 5.41) is 1.08. The van der Waals surface area contributed by atoms with Gasteiger partial charge in [-0.2, -0.15) is 0 Å². The number of para-hydroxylation sites is 3. The topological polar surface area (TPSA) is 30.2 Å². The van der Waals surface area contributed by atoms with Crippen molar-refractivity contribution in [1.82, 2.24) is 14.4 Å². The van der Waals surface area contributed by atoms with E-state index in [4.69, 9.17) is 9.97 Å². The summed E-state index contributed by atoms with van der Waals surface area (Å²) in [4.78, 5) is 9.95. The molecule has 3 heteroatoms. The number of hydrogen-bond donors (Lipinski definition) is 0. The summed E-state index contributed by atoms with van der Waals surface area (Å²) < 4.78 is 2.20. The lowest BCUT2D eigenvalue weighted by molar-refractivity contribution is 1.14. The number of imidazole rings is 1. The van der Waals surface area contributed by atoms with Crippen molar-refractivity contribution in [3.63, 3.8) is 0 Å². The largest absolute Gasteiger partial charge is 0.276 e. The van der Waals surface area contributed by atoms with E-state index in [-0.39, 0.29) is 0 Å². The second kappa shape index (κ2) is 5.15. The lowest BCUT2D eigenvalue weighted by Gasteiger charge is -2.13. The minimum Gasteiger partial charge on any atom is -0.276 e. The highest BCUT2D eigenvalue weighted by Crippen LogP contribution is 2.32. The number of rotatable bonds is 1. The smallest absolute Gasteiger partial charge is 0.149 e. The fourth-order valence-corrected chi connectivity index (χ4v) is 3.68. The van der Waals surface area contributed by atoms with E-state index in [0.29, 0.717) is 0 Å². The van der Waals surface area contributed by atoms with Crippen LogP contribution >= 0.6 is 0 Å². The molecule has 25 heavy (non-hydrogen) atoms. The van der Waals surface area contributed by atoms with Crippen LogP contribution in [-0.4, -0.2) is 14.4 Å². The quantitative estimate of drug-likeness (QED) is 0.418. The Morgan fingerprint density at radius 2 is 1.36 bits per heavy atom. The number of hydrogen-bond acceptors (Lipinski definition) is 2. The van der Waals surface area contributed by atoms with E-state index >= 15 is 0 Å². The molecule has 120 valence electrons. The number of aromatic nitrogens is 3. The molecule has 0 N–H and O–H groups in total. The van der Waals surface area contributed by atoms with Crippen LogP contribution in [0.4, 0.5) is 0 Å². The highest BCUT2D eigenvalue weighted by molar-refractivity contribution is 5.98. The van der Waals surface area contributed by atoms with Gasteiger partial charge in [0.25, 0.3) is 0 Å². The van der Waals surface area contributed by atoms with Crippen LogP contribution in [-0.2, 0) is 0 Å². The Bertz CT molecular complexity index is 1240. The average molecular weight is 323 g/mol. The minimum absolute atomic E-state index is 0.956. The monoisotopic (exact) mass is 323 g/mol. The van der Waals surface area contributed by atoms with Gasteiger partial charge in [-0.25, -0.2) is 9.97 Å². The molecule has 0 aliphatic carbocycles.